The third kappa shape index (κ3) is 3.52. The van der Waals surface area contributed by atoms with Gasteiger partial charge in [0.25, 0.3) is 0 Å². The Morgan fingerprint density at radius 2 is 2.04 bits per heavy atom. The van der Waals surface area contributed by atoms with E-state index >= 15 is 0 Å². The number of hydrogen-bond donors (Lipinski definition) is 4. The summed E-state index contributed by atoms with van der Waals surface area (Å²) >= 11 is 0. The summed E-state index contributed by atoms with van der Waals surface area (Å²) in [5.74, 6) is 0.255. The molecule has 0 aliphatic carbocycles. The molecule has 1 aliphatic heterocycles. The Kier molecular flexibility index (Phi) is 4.90. The zero-order chi connectivity index (χ0) is 19.7. The molecule has 0 unspecified atom stereocenters. The smallest absolute Gasteiger partial charge is 0.324 e. The van der Waals surface area contributed by atoms with Crippen molar-refractivity contribution in [1.29, 1.82) is 0 Å². The molecule has 10 nitrogen and oxygen atoms in total. The molecule has 0 bridgehead atoms. The molecule has 3 heterocycles. The van der Waals surface area contributed by atoms with Crippen molar-refractivity contribution in [3.05, 3.63) is 42.5 Å². The van der Waals surface area contributed by atoms with Crippen LogP contribution in [0.1, 0.15) is 18.2 Å². The third-order valence-electron chi connectivity index (χ3n) is 4.59. The summed E-state index contributed by atoms with van der Waals surface area (Å²) in [5.41, 5.74) is 2.60. The number of aromatic nitrogens is 4. The van der Waals surface area contributed by atoms with Gasteiger partial charge in [0, 0.05) is 12.1 Å². The van der Waals surface area contributed by atoms with E-state index in [-0.39, 0.29) is 12.4 Å². The van der Waals surface area contributed by atoms with Crippen molar-refractivity contribution in [1.82, 2.24) is 19.5 Å². The van der Waals surface area contributed by atoms with E-state index in [1.165, 1.54) is 12.7 Å². The highest BCUT2D eigenvalue weighted by atomic mass is 16.5. The highest BCUT2D eigenvalue weighted by Crippen LogP contribution is 2.31. The fourth-order valence-electron chi connectivity index (χ4n) is 3.11. The summed E-state index contributed by atoms with van der Waals surface area (Å²) < 4.78 is 7.30. The molecule has 1 saturated heterocycles. The summed E-state index contributed by atoms with van der Waals surface area (Å²) in [7, 11) is 0. The normalized spacial score (nSPS) is 21.8. The Morgan fingerprint density at radius 3 is 2.75 bits per heavy atom. The van der Waals surface area contributed by atoms with Crippen molar-refractivity contribution in [2.24, 2.45) is 0 Å². The number of aliphatic hydroxyl groups is 2. The summed E-state index contributed by atoms with van der Waals surface area (Å²) in [6.07, 6.45) is 1.20. The summed E-state index contributed by atoms with van der Waals surface area (Å²) in [6, 6.07) is 6.95. The minimum absolute atomic E-state index is 0.255. The SMILES string of the molecule is Cc1ccc(NC(=O)Nc2ncnc3c2ncn3[C@H]2C[C@H](O)[C@@H](CO)O2)cc1. The molecular weight excluding hydrogens is 364 g/mol. The first kappa shape index (κ1) is 18.3. The Morgan fingerprint density at radius 1 is 1.25 bits per heavy atom. The van der Waals surface area contributed by atoms with E-state index in [0.29, 0.717) is 23.3 Å². The van der Waals surface area contributed by atoms with Gasteiger partial charge in [0.05, 0.1) is 19.0 Å². The number of imidazole rings is 1. The topological polar surface area (TPSA) is 134 Å². The number of carbonyl (C=O) groups is 1. The molecule has 1 fully saturated rings. The maximum absolute atomic E-state index is 12.3. The second-order valence-electron chi connectivity index (χ2n) is 6.61. The first-order chi connectivity index (χ1) is 13.5. The molecular formula is C18H20N6O4. The van der Waals surface area contributed by atoms with Crippen LogP contribution < -0.4 is 10.6 Å². The molecule has 4 N–H and O–H groups in total. The number of amides is 2. The van der Waals surface area contributed by atoms with E-state index < -0.39 is 24.5 Å². The number of nitrogens with one attached hydrogen (secondary N) is 2. The van der Waals surface area contributed by atoms with Crippen molar-refractivity contribution >= 4 is 28.7 Å². The highest BCUT2D eigenvalue weighted by Gasteiger charge is 2.35. The lowest BCUT2D eigenvalue weighted by Gasteiger charge is -2.13. The number of ether oxygens (including phenoxy) is 1. The number of fused-ring (bicyclic) bond motifs is 1. The van der Waals surface area contributed by atoms with Crippen molar-refractivity contribution in [3.63, 3.8) is 0 Å². The quantitative estimate of drug-likeness (QED) is 0.534. The van der Waals surface area contributed by atoms with Crippen LogP contribution in [0, 0.1) is 6.92 Å². The van der Waals surface area contributed by atoms with Gasteiger partial charge in [-0.15, -0.1) is 0 Å². The van der Waals surface area contributed by atoms with Crippen LogP contribution in [0.4, 0.5) is 16.3 Å². The average molecular weight is 384 g/mol. The van der Waals surface area contributed by atoms with Crippen molar-refractivity contribution < 1.29 is 19.7 Å². The van der Waals surface area contributed by atoms with Crippen LogP contribution in [-0.2, 0) is 4.74 Å². The summed E-state index contributed by atoms with van der Waals surface area (Å²) in [4.78, 5) is 24.9. The van der Waals surface area contributed by atoms with E-state index in [4.69, 9.17) is 4.74 Å². The highest BCUT2D eigenvalue weighted by molar-refractivity contribution is 6.02. The van der Waals surface area contributed by atoms with Crippen LogP contribution in [0.2, 0.25) is 0 Å². The molecule has 3 atom stereocenters. The van der Waals surface area contributed by atoms with Gasteiger partial charge in [-0.05, 0) is 19.1 Å². The molecule has 0 saturated carbocycles. The molecule has 146 valence electrons. The van der Waals surface area contributed by atoms with E-state index in [0.717, 1.165) is 5.56 Å². The largest absolute Gasteiger partial charge is 0.394 e. The van der Waals surface area contributed by atoms with Crippen molar-refractivity contribution in [2.45, 2.75) is 31.8 Å². The number of benzene rings is 1. The molecule has 3 aromatic rings. The summed E-state index contributed by atoms with van der Waals surface area (Å²) in [5, 5.41) is 24.6. The number of aryl methyl sites for hydroxylation is 1. The fraction of sp³-hybridized carbons (Fsp3) is 0.333. The molecule has 1 aliphatic rings. The monoisotopic (exact) mass is 384 g/mol. The van der Waals surface area contributed by atoms with Gasteiger partial charge in [0.1, 0.15) is 18.7 Å². The molecule has 4 rings (SSSR count). The van der Waals surface area contributed by atoms with E-state index in [1.54, 1.807) is 16.7 Å². The van der Waals surface area contributed by atoms with Crippen molar-refractivity contribution in [2.75, 3.05) is 17.2 Å². The van der Waals surface area contributed by atoms with Crippen LogP contribution in [0.25, 0.3) is 11.2 Å². The zero-order valence-electron chi connectivity index (χ0n) is 15.1. The van der Waals surface area contributed by atoms with Gasteiger partial charge in [0.2, 0.25) is 0 Å². The number of carbonyl (C=O) groups excluding carboxylic acids is 1. The van der Waals surface area contributed by atoms with Gasteiger partial charge >= 0.3 is 6.03 Å². The van der Waals surface area contributed by atoms with Crippen LogP contribution in [0.15, 0.2) is 36.9 Å². The lowest BCUT2D eigenvalue weighted by Crippen LogP contribution is -2.24. The third-order valence-corrected chi connectivity index (χ3v) is 4.59. The van der Waals surface area contributed by atoms with Gasteiger partial charge < -0.3 is 20.3 Å². The van der Waals surface area contributed by atoms with E-state index in [1.807, 2.05) is 19.1 Å². The average Bonchev–Trinajstić information content (AvgIpc) is 3.27. The first-order valence-electron chi connectivity index (χ1n) is 8.81. The Bertz CT molecular complexity index is 989. The molecule has 2 aromatic heterocycles. The molecule has 1 aromatic carbocycles. The van der Waals surface area contributed by atoms with E-state index in [2.05, 4.69) is 25.6 Å². The minimum atomic E-state index is -0.771. The standard InChI is InChI=1S/C18H20N6O4/c1-10-2-4-11(5-3-10)22-18(27)23-16-15-17(20-8-19-16)24(9-21-15)14-6-12(26)13(7-25)28-14/h2-5,8-9,12-14,25-26H,6-7H2,1H3,(H2,19,20,22,23,27)/t12-,13+,14+/m0/s1. The molecule has 28 heavy (non-hydrogen) atoms. The maximum atomic E-state index is 12.3. The Balaban J connectivity index is 1.53. The predicted octanol–water partition coefficient (Wildman–Crippen LogP) is 1.42. The minimum Gasteiger partial charge on any atom is -0.394 e. The second-order valence-corrected chi connectivity index (χ2v) is 6.61. The van der Waals surface area contributed by atoms with Crippen LogP contribution in [0.5, 0.6) is 0 Å². The number of anilines is 2. The molecule has 10 heteroatoms. The predicted molar refractivity (Wildman–Crippen MR) is 101 cm³/mol. The first-order valence-corrected chi connectivity index (χ1v) is 8.81. The van der Waals surface area contributed by atoms with Crippen LogP contribution in [-0.4, -0.2) is 54.6 Å². The van der Waals surface area contributed by atoms with Gasteiger partial charge in [0.15, 0.2) is 17.0 Å². The molecule has 0 radical (unpaired) electrons. The number of hydrogen-bond acceptors (Lipinski definition) is 7. The maximum Gasteiger partial charge on any atom is 0.324 e. The van der Waals surface area contributed by atoms with Crippen LogP contribution in [0.3, 0.4) is 0 Å². The van der Waals surface area contributed by atoms with Gasteiger partial charge in [-0.3, -0.25) is 9.88 Å². The molecule has 0 spiro atoms. The Hall–Kier alpha value is -3.08. The van der Waals surface area contributed by atoms with Gasteiger partial charge in [-0.25, -0.2) is 19.7 Å². The summed E-state index contributed by atoms with van der Waals surface area (Å²) in [6.45, 7) is 1.69. The van der Waals surface area contributed by atoms with Crippen LogP contribution >= 0.6 is 0 Å². The number of urea groups is 1. The fourth-order valence-corrected chi connectivity index (χ4v) is 3.11. The zero-order valence-corrected chi connectivity index (χ0v) is 15.1. The van der Waals surface area contributed by atoms with Gasteiger partial charge in [-0.2, -0.15) is 0 Å². The molecule has 2 amide bonds. The number of aliphatic hydroxyl groups excluding tert-OH is 2. The number of nitrogens with zero attached hydrogens (tertiary/aromatic N) is 4. The second kappa shape index (κ2) is 7.50. The lowest BCUT2D eigenvalue weighted by atomic mass is 10.2. The Labute approximate surface area is 160 Å². The number of rotatable bonds is 4. The van der Waals surface area contributed by atoms with Crippen molar-refractivity contribution in [3.8, 4) is 0 Å². The lowest BCUT2D eigenvalue weighted by molar-refractivity contribution is -0.0432. The van der Waals surface area contributed by atoms with Gasteiger partial charge in [-0.1, -0.05) is 17.7 Å². The van der Waals surface area contributed by atoms with E-state index in [9.17, 15) is 15.0 Å².